The number of sulfonamides is 1. The molecule has 8 heteroatoms. The van der Waals surface area contributed by atoms with Gasteiger partial charge in [-0.1, -0.05) is 12.1 Å². The molecule has 0 radical (unpaired) electrons. The van der Waals surface area contributed by atoms with Gasteiger partial charge in [-0.3, -0.25) is 9.69 Å². The number of carbonyl (C=O) groups excluding carboxylic acids is 1. The zero-order chi connectivity index (χ0) is 20.1. The quantitative estimate of drug-likeness (QED) is 0.604. The fourth-order valence-corrected chi connectivity index (χ4v) is 4.55. The Morgan fingerprint density at radius 1 is 1.00 bits per heavy atom. The van der Waals surface area contributed by atoms with Crippen LogP contribution >= 0.6 is 22.6 Å². The number of rotatable bonds is 6. The predicted molar refractivity (Wildman–Crippen MR) is 120 cm³/mol. The largest absolute Gasteiger partial charge is 0.322 e. The molecule has 1 heterocycles. The number of benzene rings is 2. The summed E-state index contributed by atoms with van der Waals surface area (Å²) in [5.41, 5.74) is 2.49. The fourth-order valence-electron chi connectivity index (χ4n) is 3.10. The van der Waals surface area contributed by atoms with E-state index in [1.54, 1.807) is 11.2 Å². The summed E-state index contributed by atoms with van der Waals surface area (Å²) >= 11 is 2.23. The average Bonchev–Trinajstić information content (AvgIpc) is 2.70. The van der Waals surface area contributed by atoms with Crippen LogP contribution in [0.4, 0.5) is 5.69 Å². The summed E-state index contributed by atoms with van der Waals surface area (Å²) in [6, 6.07) is 15.2. The van der Waals surface area contributed by atoms with Crippen molar-refractivity contribution < 1.29 is 13.2 Å². The Morgan fingerprint density at radius 3 is 2.18 bits per heavy atom. The van der Waals surface area contributed by atoms with E-state index >= 15 is 0 Å². The van der Waals surface area contributed by atoms with Crippen molar-refractivity contribution in [2.75, 3.05) is 37.2 Å². The molecule has 0 aromatic heterocycles. The van der Waals surface area contributed by atoms with E-state index in [1.807, 2.05) is 48.5 Å². The van der Waals surface area contributed by atoms with E-state index in [-0.39, 0.29) is 11.7 Å². The van der Waals surface area contributed by atoms with Crippen LogP contribution in [0.1, 0.15) is 22.8 Å². The molecule has 3 rings (SSSR count). The monoisotopic (exact) mass is 513 g/mol. The lowest BCUT2D eigenvalue weighted by Crippen LogP contribution is -2.48. The van der Waals surface area contributed by atoms with E-state index in [0.29, 0.717) is 31.7 Å². The first-order valence-corrected chi connectivity index (χ1v) is 11.9. The van der Waals surface area contributed by atoms with Crippen molar-refractivity contribution in [3.63, 3.8) is 0 Å². The number of anilines is 1. The van der Waals surface area contributed by atoms with Crippen LogP contribution in [0.2, 0.25) is 0 Å². The highest BCUT2D eigenvalue weighted by atomic mass is 127. The van der Waals surface area contributed by atoms with Gasteiger partial charge in [-0.15, -0.1) is 0 Å². The molecule has 0 bridgehead atoms. The summed E-state index contributed by atoms with van der Waals surface area (Å²) in [5, 5.41) is 2.90. The predicted octanol–water partition coefficient (Wildman–Crippen LogP) is 3.01. The molecule has 1 N–H and O–H groups in total. The molecule has 1 saturated heterocycles. The second-order valence-corrected chi connectivity index (χ2v) is 10.2. The maximum atomic E-state index is 12.4. The van der Waals surface area contributed by atoms with Crippen molar-refractivity contribution >= 4 is 44.2 Å². The van der Waals surface area contributed by atoms with Crippen molar-refractivity contribution in [1.82, 2.24) is 9.21 Å². The van der Waals surface area contributed by atoms with E-state index < -0.39 is 10.0 Å². The molecule has 1 aliphatic heterocycles. The number of piperazine rings is 1. The number of carbonyl (C=O) groups is 1. The van der Waals surface area contributed by atoms with Crippen LogP contribution < -0.4 is 5.32 Å². The van der Waals surface area contributed by atoms with E-state index in [0.717, 1.165) is 21.4 Å². The zero-order valence-electron chi connectivity index (χ0n) is 15.8. The minimum Gasteiger partial charge on any atom is -0.322 e. The van der Waals surface area contributed by atoms with Crippen molar-refractivity contribution in [3.8, 4) is 0 Å². The smallest absolute Gasteiger partial charge is 0.255 e. The zero-order valence-corrected chi connectivity index (χ0v) is 18.7. The van der Waals surface area contributed by atoms with Gasteiger partial charge < -0.3 is 5.32 Å². The molecule has 0 unspecified atom stereocenters. The van der Waals surface area contributed by atoms with E-state index in [4.69, 9.17) is 0 Å². The molecule has 6 nitrogen and oxygen atoms in total. The Hall–Kier alpha value is -1.49. The van der Waals surface area contributed by atoms with Crippen molar-refractivity contribution in [3.05, 3.63) is 63.2 Å². The molecule has 150 valence electrons. The third kappa shape index (κ3) is 5.53. The van der Waals surface area contributed by atoms with Crippen LogP contribution in [0.15, 0.2) is 48.5 Å². The van der Waals surface area contributed by atoms with E-state index in [9.17, 15) is 13.2 Å². The first kappa shape index (κ1) is 21.2. The van der Waals surface area contributed by atoms with E-state index in [1.165, 1.54) is 0 Å². The highest BCUT2D eigenvalue weighted by Gasteiger charge is 2.25. The minimum atomic E-state index is -3.10. The Labute approximate surface area is 180 Å². The number of halogens is 1. The SMILES string of the molecule is CCS(=O)(=O)N1CCN(Cc2ccc(C(=O)Nc3ccc(I)cc3)cc2)CC1. The molecule has 0 spiro atoms. The lowest BCUT2D eigenvalue weighted by atomic mass is 10.1. The third-order valence-corrected chi connectivity index (χ3v) is 7.41. The molecular formula is C20H24IN3O3S. The number of nitrogens with zero attached hydrogens (tertiary/aromatic N) is 2. The molecule has 0 saturated carbocycles. The van der Waals surface area contributed by atoms with Crippen molar-refractivity contribution in [1.29, 1.82) is 0 Å². The Balaban J connectivity index is 1.53. The molecule has 2 aromatic rings. The molecule has 1 aliphatic rings. The lowest BCUT2D eigenvalue weighted by molar-refractivity contribution is 0.102. The second kappa shape index (κ2) is 9.34. The first-order chi connectivity index (χ1) is 13.4. The molecular weight excluding hydrogens is 489 g/mol. The molecule has 1 fully saturated rings. The summed E-state index contributed by atoms with van der Waals surface area (Å²) in [4.78, 5) is 14.6. The van der Waals surface area contributed by atoms with Gasteiger partial charge in [-0.05, 0) is 71.5 Å². The summed E-state index contributed by atoms with van der Waals surface area (Å²) in [6.07, 6.45) is 0. The second-order valence-electron chi connectivity index (χ2n) is 6.73. The molecule has 0 atom stereocenters. The van der Waals surface area contributed by atoms with E-state index in [2.05, 4.69) is 32.8 Å². The average molecular weight is 513 g/mol. The number of nitrogens with one attached hydrogen (secondary N) is 1. The van der Waals surface area contributed by atoms with Gasteiger partial charge in [0.15, 0.2) is 0 Å². The summed E-state index contributed by atoms with van der Waals surface area (Å²) < 4.78 is 26.6. The van der Waals surface area contributed by atoms with Gasteiger partial charge in [-0.25, -0.2) is 8.42 Å². The van der Waals surface area contributed by atoms with Crippen molar-refractivity contribution in [2.45, 2.75) is 13.5 Å². The summed E-state index contributed by atoms with van der Waals surface area (Å²) in [6.45, 7) is 4.93. The topological polar surface area (TPSA) is 69.7 Å². The summed E-state index contributed by atoms with van der Waals surface area (Å²) in [5.74, 6) is 0.0183. The highest BCUT2D eigenvalue weighted by molar-refractivity contribution is 14.1. The van der Waals surface area contributed by atoms with Crippen molar-refractivity contribution in [2.24, 2.45) is 0 Å². The van der Waals surface area contributed by atoms with Crippen LogP contribution in [0.3, 0.4) is 0 Å². The van der Waals surface area contributed by atoms with Gasteiger partial charge in [0.2, 0.25) is 10.0 Å². The van der Waals surface area contributed by atoms with Gasteiger partial charge in [0, 0.05) is 47.5 Å². The Bertz CT molecular complexity index is 907. The molecule has 2 aromatic carbocycles. The molecule has 1 amide bonds. The highest BCUT2D eigenvalue weighted by Crippen LogP contribution is 2.15. The van der Waals surface area contributed by atoms with Crippen LogP contribution in [0.25, 0.3) is 0 Å². The van der Waals surface area contributed by atoms with Gasteiger partial charge in [-0.2, -0.15) is 4.31 Å². The fraction of sp³-hybridized carbons (Fsp3) is 0.350. The summed E-state index contributed by atoms with van der Waals surface area (Å²) in [7, 11) is -3.10. The van der Waals surface area contributed by atoms with Crippen LogP contribution in [-0.4, -0.2) is 55.5 Å². The van der Waals surface area contributed by atoms with Gasteiger partial charge in [0.25, 0.3) is 5.91 Å². The van der Waals surface area contributed by atoms with Crippen LogP contribution in [0.5, 0.6) is 0 Å². The maximum absolute atomic E-state index is 12.4. The number of hydrogen-bond acceptors (Lipinski definition) is 4. The van der Waals surface area contributed by atoms with Gasteiger partial charge >= 0.3 is 0 Å². The number of hydrogen-bond donors (Lipinski definition) is 1. The third-order valence-electron chi connectivity index (χ3n) is 4.81. The minimum absolute atomic E-state index is 0.133. The standard InChI is InChI=1S/C20H24IN3O3S/c1-2-28(26,27)24-13-11-23(12-14-24)15-16-3-5-17(6-4-16)20(25)22-19-9-7-18(21)8-10-19/h3-10H,2,11-15H2,1H3,(H,22,25). The molecule has 28 heavy (non-hydrogen) atoms. The van der Waals surface area contributed by atoms with Crippen LogP contribution in [-0.2, 0) is 16.6 Å². The molecule has 0 aliphatic carbocycles. The Morgan fingerprint density at radius 2 is 1.61 bits per heavy atom. The van der Waals surface area contributed by atoms with Gasteiger partial charge in [0.1, 0.15) is 0 Å². The maximum Gasteiger partial charge on any atom is 0.255 e. The number of amides is 1. The lowest BCUT2D eigenvalue weighted by Gasteiger charge is -2.33. The normalized spacial score (nSPS) is 16.1. The Kier molecular flexibility index (Phi) is 7.08. The first-order valence-electron chi connectivity index (χ1n) is 9.23. The van der Waals surface area contributed by atoms with Crippen LogP contribution in [0, 0.1) is 3.57 Å². The van der Waals surface area contributed by atoms with Gasteiger partial charge in [0.05, 0.1) is 5.75 Å².